The van der Waals surface area contributed by atoms with Gasteiger partial charge in [0.05, 0.1) is 10.6 Å². The normalized spacial score (nSPS) is 15.0. The average Bonchev–Trinajstić information content (AvgIpc) is 2.38. The van der Waals surface area contributed by atoms with E-state index in [-0.39, 0.29) is 16.5 Å². The first-order valence-electron chi connectivity index (χ1n) is 6.26. The van der Waals surface area contributed by atoms with Crippen molar-refractivity contribution in [2.75, 3.05) is 18.6 Å². The van der Waals surface area contributed by atoms with Crippen LogP contribution in [0, 0.1) is 6.92 Å². The predicted octanol–water partition coefficient (Wildman–Crippen LogP) is 3.08. The largest absolute Gasteiger partial charge is 0.389 e. The Bertz CT molecular complexity index is 604. The van der Waals surface area contributed by atoms with Crippen LogP contribution in [-0.2, 0) is 10.0 Å². The molecular weight excluding hydrogens is 353 g/mol. The van der Waals surface area contributed by atoms with E-state index in [1.54, 1.807) is 25.6 Å². The Balaban J connectivity index is 2.90. The fourth-order valence-electron chi connectivity index (χ4n) is 1.58. The molecule has 0 heterocycles. The highest BCUT2D eigenvalue weighted by molar-refractivity contribution is 7.98. The zero-order valence-corrected chi connectivity index (χ0v) is 15.3. The van der Waals surface area contributed by atoms with Crippen LogP contribution in [0.1, 0.15) is 18.9 Å². The molecular formula is C13H19Cl2NO3S2. The van der Waals surface area contributed by atoms with E-state index < -0.39 is 15.6 Å². The molecule has 1 aromatic carbocycles. The van der Waals surface area contributed by atoms with Gasteiger partial charge in [-0.2, -0.15) is 11.8 Å². The van der Waals surface area contributed by atoms with Crippen molar-refractivity contribution in [2.45, 2.75) is 30.8 Å². The van der Waals surface area contributed by atoms with Crippen molar-refractivity contribution in [3.8, 4) is 0 Å². The van der Waals surface area contributed by atoms with Gasteiger partial charge in [-0.15, -0.1) is 0 Å². The lowest BCUT2D eigenvalue weighted by Gasteiger charge is -2.23. The first-order valence-corrected chi connectivity index (χ1v) is 9.89. The molecule has 120 valence electrons. The summed E-state index contributed by atoms with van der Waals surface area (Å²) in [5, 5.41) is 10.6. The van der Waals surface area contributed by atoms with Gasteiger partial charge < -0.3 is 5.11 Å². The van der Waals surface area contributed by atoms with E-state index in [1.807, 2.05) is 6.26 Å². The molecule has 8 heteroatoms. The zero-order chi connectivity index (χ0) is 16.3. The molecule has 0 spiro atoms. The molecule has 1 rings (SSSR count). The van der Waals surface area contributed by atoms with Crippen molar-refractivity contribution in [2.24, 2.45) is 0 Å². The van der Waals surface area contributed by atoms with Gasteiger partial charge in [-0.3, -0.25) is 0 Å². The van der Waals surface area contributed by atoms with Gasteiger partial charge in [0.15, 0.2) is 0 Å². The van der Waals surface area contributed by atoms with E-state index in [2.05, 4.69) is 4.72 Å². The molecule has 0 unspecified atom stereocenters. The summed E-state index contributed by atoms with van der Waals surface area (Å²) >= 11 is 13.4. The lowest BCUT2D eigenvalue weighted by atomic mass is 10.1. The van der Waals surface area contributed by atoms with E-state index in [0.29, 0.717) is 17.0 Å². The SMILES string of the molecule is CSCC[C@](C)(O)CNS(=O)(=O)c1cc(C)c(Cl)cc1Cl. The van der Waals surface area contributed by atoms with Gasteiger partial charge in [0.2, 0.25) is 10.0 Å². The summed E-state index contributed by atoms with van der Waals surface area (Å²) in [5.74, 6) is 0.746. The first kappa shape index (κ1) is 19.1. The maximum atomic E-state index is 12.3. The number of thioether (sulfide) groups is 1. The molecule has 0 aromatic heterocycles. The molecule has 21 heavy (non-hydrogen) atoms. The number of hydrogen-bond acceptors (Lipinski definition) is 4. The van der Waals surface area contributed by atoms with Crippen molar-refractivity contribution >= 4 is 45.0 Å². The van der Waals surface area contributed by atoms with E-state index >= 15 is 0 Å². The second-order valence-electron chi connectivity index (χ2n) is 5.10. The number of aliphatic hydroxyl groups is 1. The monoisotopic (exact) mass is 371 g/mol. The van der Waals surface area contributed by atoms with Crippen molar-refractivity contribution in [1.29, 1.82) is 0 Å². The van der Waals surface area contributed by atoms with Gasteiger partial charge in [0.25, 0.3) is 0 Å². The summed E-state index contributed by atoms with van der Waals surface area (Å²) in [6.45, 7) is 3.22. The lowest BCUT2D eigenvalue weighted by molar-refractivity contribution is 0.0626. The van der Waals surface area contributed by atoms with Crippen LogP contribution < -0.4 is 4.72 Å². The fourth-order valence-corrected chi connectivity index (χ4v) is 4.21. The van der Waals surface area contributed by atoms with Crippen LogP contribution in [-0.4, -0.2) is 37.7 Å². The van der Waals surface area contributed by atoms with E-state index in [4.69, 9.17) is 23.2 Å². The standard InChI is InChI=1S/C13H19Cl2NO3S2/c1-9-6-12(11(15)7-10(9)14)21(18,19)16-8-13(2,17)4-5-20-3/h6-7,16-17H,4-5,8H2,1-3H3/t13-/m0/s1. The van der Waals surface area contributed by atoms with Gasteiger partial charge >= 0.3 is 0 Å². The summed E-state index contributed by atoms with van der Waals surface area (Å²) in [5.41, 5.74) is -0.486. The number of benzene rings is 1. The third kappa shape index (κ3) is 5.62. The van der Waals surface area contributed by atoms with Crippen LogP contribution in [0.5, 0.6) is 0 Å². The molecule has 0 aliphatic rings. The van der Waals surface area contributed by atoms with Crippen molar-refractivity contribution in [3.05, 3.63) is 27.7 Å². The number of halogens is 2. The van der Waals surface area contributed by atoms with Crippen LogP contribution in [0.15, 0.2) is 17.0 Å². The highest BCUT2D eigenvalue weighted by Gasteiger charge is 2.25. The predicted molar refractivity (Wildman–Crippen MR) is 90.0 cm³/mol. The van der Waals surface area contributed by atoms with Crippen molar-refractivity contribution in [3.63, 3.8) is 0 Å². The quantitative estimate of drug-likeness (QED) is 0.772. The van der Waals surface area contributed by atoms with Gasteiger partial charge in [-0.1, -0.05) is 23.2 Å². The molecule has 0 saturated carbocycles. The fraction of sp³-hybridized carbons (Fsp3) is 0.538. The Hall–Kier alpha value is 0.0200. The molecule has 0 aliphatic carbocycles. The van der Waals surface area contributed by atoms with Crippen LogP contribution in [0.25, 0.3) is 0 Å². The second-order valence-corrected chi connectivity index (χ2v) is 8.63. The lowest BCUT2D eigenvalue weighted by Crippen LogP contribution is -2.41. The molecule has 0 amide bonds. The third-order valence-electron chi connectivity index (χ3n) is 2.99. The van der Waals surface area contributed by atoms with Gasteiger partial charge in [0.1, 0.15) is 4.90 Å². The van der Waals surface area contributed by atoms with E-state index in [9.17, 15) is 13.5 Å². The number of rotatable bonds is 7. The van der Waals surface area contributed by atoms with Crippen LogP contribution in [0.4, 0.5) is 0 Å². The molecule has 0 radical (unpaired) electrons. The highest BCUT2D eigenvalue weighted by Crippen LogP contribution is 2.28. The van der Waals surface area contributed by atoms with Crippen LogP contribution in [0.3, 0.4) is 0 Å². The minimum absolute atomic E-state index is 0.0354. The minimum Gasteiger partial charge on any atom is -0.389 e. The van der Waals surface area contributed by atoms with Crippen molar-refractivity contribution < 1.29 is 13.5 Å². The number of nitrogens with one attached hydrogen (secondary N) is 1. The Morgan fingerprint density at radius 2 is 1.95 bits per heavy atom. The number of hydrogen-bond donors (Lipinski definition) is 2. The van der Waals surface area contributed by atoms with Crippen LogP contribution >= 0.6 is 35.0 Å². The van der Waals surface area contributed by atoms with Gasteiger partial charge in [-0.05, 0) is 50.0 Å². The average molecular weight is 372 g/mol. The molecule has 2 N–H and O–H groups in total. The molecule has 0 fully saturated rings. The maximum Gasteiger partial charge on any atom is 0.242 e. The Labute approximate surface area is 140 Å². The number of aryl methyl sites for hydroxylation is 1. The van der Waals surface area contributed by atoms with Gasteiger partial charge in [0, 0.05) is 11.6 Å². The molecule has 4 nitrogen and oxygen atoms in total. The third-order valence-corrected chi connectivity index (χ3v) is 5.88. The highest BCUT2D eigenvalue weighted by atomic mass is 35.5. The Morgan fingerprint density at radius 1 is 1.33 bits per heavy atom. The molecule has 0 bridgehead atoms. The van der Waals surface area contributed by atoms with Gasteiger partial charge in [-0.25, -0.2) is 13.1 Å². The Morgan fingerprint density at radius 3 is 2.52 bits per heavy atom. The summed E-state index contributed by atoms with van der Waals surface area (Å²) < 4.78 is 27.0. The molecule has 0 saturated heterocycles. The van der Waals surface area contributed by atoms with E-state index in [1.165, 1.54) is 12.1 Å². The summed E-state index contributed by atoms with van der Waals surface area (Å²) in [6.07, 6.45) is 2.42. The molecule has 1 atom stereocenters. The smallest absolute Gasteiger partial charge is 0.242 e. The summed E-state index contributed by atoms with van der Waals surface area (Å²) in [6, 6.07) is 2.82. The molecule has 1 aromatic rings. The topological polar surface area (TPSA) is 66.4 Å². The summed E-state index contributed by atoms with van der Waals surface area (Å²) in [4.78, 5) is -0.0354. The molecule has 0 aliphatic heterocycles. The minimum atomic E-state index is -3.80. The zero-order valence-electron chi connectivity index (χ0n) is 12.1. The number of sulfonamides is 1. The van der Waals surface area contributed by atoms with E-state index in [0.717, 1.165) is 5.75 Å². The second kappa shape index (κ2) is 7.53. The summed E-state index contributed by atoms with van der Waals surface area (Å²) in [7, 11) is -3.80. The Kier molecular flexibility index (Phi) is 6.83. The first-order chi connectivity index (χ1) is 9.59. The maximum absolute atomic E-state index is 12.3. The van der Waals surface area contributed by atoms with Crippen LogP contribution in [0.2, 0.25) is 10.0 Å². The van der Waals surface area contributed by atoms with Crippen molar-refractivity contribution in [1.82, 2.24) is 4.72 Å².